The van der Waals surface area contributed by atoms with Gasteiger partial charge in [-0.3, -0.25) is 9.59 Å². The normalized spacial score (nSPS) is 11.5. The Labute approximate surface area is 152 Å². The standard InChI is InChI=1S/C19H21ClN2O3/c1-13-4-3-5-15(12-13)19(24)22-11-10-21-18(23)14(2)25-17-8-6-16(20)7-9-17/h3-9,12,14H,10-11H2,1-2H3,(H,21,23)(H,22,24). The van der Waals surface area contributed by atoms with E-state index in [9.17, 15) is 9.59 Å². The molecular formula is C19H21ClN2O3. The van der Waals surface area contributed by atoms with E-state index >= 15 is 0 Å². The van der Waals surface area contributed by atoms with Crippen LogP contribution in [-0.2, 0) is 4.79 Å². The van der Waals surface area contributed by atoms with E-state index in [1.807, 2.05) is 25.1 Å². The molecule has 0 saturated heterocycles. The first kappa shape index (κ1) is 18.8. The summed E-state index contributed by atoms with van der Waals surface area (Å²) in [5.74, 6) is 0.156. The third-order valence-electron chi connectivity index (χ3n) is 3.49. The van der Waals surface area contributed by atoms with E-state index < -0.39 is 6.10 Å². The molecule has 132 valence electrons. The summed E-state index contributed by atoms with van der Waals surface area (Å²) in [7, 11) is 0. The quantitative estimate of drug-likeness (QED) is 0.746. The number of ether oxygens (including phenoxy) is 1. The molecule has 0 fully saturated rings. The topological polar surface area (TPSA) is 67.4 Å². The maximum absolute atomic E-state index is 12.0. The van der Waals surface area contributed by atoms with Crippen LogP contribution in [-0.4, -0.2) is 31.0 Å². The number of hydrogen-bond donors (Lipinski definition) is 2. The van der Waals surface area contributed by atoms with Crippen molar-refractivity contribution in [3.63, 3.8) is 0 Å². The molecule has 0 aliphatic heterocycles. The van der Waals surface area contributed by atoms with Crippen molar-refractivity contribution in [3.05, 3.63) is 64.7 Å². The van der Waals surface area contributed by atoms with Crippen molar-refractivity contribution in [3.8, 4) is 5.75 Å². The zero-order valence-corrected chi connectivity index (χ0v) is 15.0. The number of carbonyl (C=O) groups excluding carboxylic acids is 2. The fourth-order valence-corrected chi connectivity index (χ4v) is 2.29. The van der Waals surface area contributed by atoms with Crippen molar-refractivity contribution in [1.29, 1.82) is 0 Å². The molecule has 2 N–H and O–H groups in total. The summed E-state index contributed by atoms with van der Waals surface area (Å²) in [6.07, 6.45) is -0.645. The molecule has 0 aliphatic rings. The molecule has 0 saturated carbocycles. The molecule has 0 heterocycles. The average Bonchev–Trinajstić information content (AvgIpc) is 2.60. The molecule has 1 atom stereocenters. The number of rotatable bonds is 7. The van der Waals surface area contributed by atoms with Crippen LogP contribution in [0.2, 0.25) is 5.02 Å². The van der Waals surface area contributed by atoms with Gasteiger partial charge in [0.25, 0.3) is 11.8 Å². The third kappa shape index (κ3) is 6.12. The fourth-order valence-electron chi connectivity index (χ4n) is 2.16. The highest BCUT2D eigenvalue weighted by atomic mass is 35.5. The minimum Gasteiger partial charge on any atom is -0.481 e. The minimum absolute atomic E-state index is 0.164. The van der Waals surface area contributed by atoms with Gasteiger partial charge in [0.05, 0.1) is 0 Å². The summed E-state index contributed by atoms with van der Waals surface area (Å²) in [5.41, 5.74) is 1.62. The molecule has 2 aromatic carbocycles. The largest absolute Gasteiger partial charge is 0.481 e. The lowest BCUT2D eigenvalue weighted by Gasteiger charge is -2.15. The number of halogens is 1. The molecular weight excluding hydrogens is 340 g/mol. The number of amides is 2. The van der Waals surface area contributed by atoms with E-state index in [2.05, 4.69) is 10.6 Å². The predicted octanol–water partition coefficient (Wildman–Crippen LogP) is 2.96. The van der Waals surface area contributed by atoms with Crippen molar-refractivity contribution in [2.24, 2.45) is 0 Å². The molecule has 2 amide bonds. The summed E-state index contributed by atoms with van der Waals surface area (Å²) < 4.78 is 5.53. The van der Waals surface area contributed by atoms with Gasteiger partial charge in [0.1, 0.15) is 5.75 Å². The Morgan fingerprint density at radius 2 is 1.76 bits per heavy atom. The minimum atomic E-state index is -0.645. The van der Waals surface area contributed by atoms with Crippen LogP contribution >= 0.6 is 11.6 Å². The van der Waals surface area contributed by atoms with Gasteiger partial charge in [-0.15, -0.1) is 0 Å². The lowest BCUT2D eigenvalue weighted by atomic mass is 10.1. The molecule has 0 radical (unpaired) electrons. The first-order valence-corrected chi connectivity index (χ1v) is 8.38. The number of aryl methyl sites for hydroxylation is 1. The van der Waals surface area contributed by atoms with Crippen molar-refractivity contribution >= 4 is 23.4 Å². The lowest BCUT2D eigenvalue weighted by Crippen LogP contribution is -2.40. The first-order valence-electron chi connectivity index (χ1n) is 8.00. The van der Waals surface area contributed by atoms with Gasteiger partial charge >= 0.3 is 0 Å². The van der Waals surface area contributed by atoms with Gasteiger partial charge in [0, 0.05) is 23.7 Å². The van der Waals surface area contributed by atoms with Crippen LogP contribution in [0.5, 0.6) is 5.75 Å². The molecule has 1 unspecified atom stereocenters. The lowest BCUT2D eigenvalue weighted by molar-refractivity contribution is -0.127. The molecule has 0 bridgehead atoms. The maximum Gasteiger partial charge on any atom is 0.260 e. The Morgan fingerprint density at radius 1 is 1.08 bits per heavy atom. The number of nitrogens with one attached hydrogen (secondary N) is 2. The second-order valence-corrected chi connectivity index (χ2v) is 6.07. The van der Waals surface area contributed by atoms with Crippen LogP contribution in [0.1, 0.15) is 22.8 Å². The molecule has 0 spiro atoms. The van der Waals surface area contributed by atoms with E-state index in [4.69, 9.17) is 16.3 Å². The van der Waals surface area contributed by atoms with Gasteiger partial charge in [-0.1, -0.05) is 29.3 Å². The average molecular weight is 361 g/mol. The fraction of sp³-hybridized carbons (Fsp3) is 0.263. The summed E-state index contributed by atoms with van der Waals surface area (Å²) in [4.78, 5) is 24.0. The molecule has 2 rings (SSSR count). The summed E-state index contributed by atoms with van der Waals surface area (Å²) in [6, 6.07) is 14.1. The van der Waals surface area contributed by atoms with E-state index in [0.29, 0.717) is 29.4 Å². The SMILES string of the molecule is Cc1cccc(C(=O)NCCNC(=O)C(C)Oc2ccc(Cl)cc2)c1. The van der Waals surface area contributed by atoms with Gasteiger partial charge in [-0.2, -0.15) is 0 Å². The molecule has 6 heteroatoms. The molecule has 25 heavy (non-hydrogen) atoms. The van der Waals surface area contributed by atoms with Crippen LogP contribution in [0.15, 0.2) is 48.5 Å². The second kappa shape index (κ2) is 9.08. The monoisotopic (exact) mass is 360 g/mol. The molecule has 5 nitrogen and oxygen atoms in total. The zero-order chi connectivity index (χ0) is 18.2. The van der Waals surface area contributed by atoms with E-state index in [1.165, 1.54) is 0 Å². The highest BCUT2D eigenvalue weighted by molar-refractivity contribution is 6.30. The number of hydrogen-bond acceptors (Lipinski definition) is 3. The Morgan fingerprint density at radius 3 is 2.44 bits per heavy atom. The highest BCUT2D eigenvalue weighted by Gasteiger charge is 2.14. The molecule has 2 aromatic rings. The molecule has 0 aliphatic carbocycles. The smallest absolute Gasteiger partial charge is 0.260 e. The maximum atomic E-state index is 12.0. The third-order valence-corrected chi connectivity index (χ3v) is 3.74. The Balaban J connectivity index is 1.71. The van der Waals surface area contributed by atoms with Gasteiger partial charge in [0.15, 0.2) is 6.10 Å². The van der Waals surface area contributed by atoms with Crippen LogP contribution in [0.4, 0.5) is 0 Å². The molecule has 0 aromatic heterocycles. The van der Waals surface area contributed by atoms with Crippen LogP contribution in [0, 0.1) is 6.92 Å². The van der Waals surface area contributed by atoms with Gasteiger partial charge < -0.3 is 15.4 Å². The predicted molar refractivity (Wildman–Crippen MR) is 98.1 cm³/mol. The van der Waals surface area contributed by atoms with Gasteiger partial charge in [-0.25, -0.2) is 0 Å². The van der Waals surface area contributed by atoms with Crippen molar-refractivity contribution in [2.45, 2.75) is 20.0 Å². The number of carbonyl (C=O) groups is 2. The van der Waals surface area contributed by atoms with Gasteiger partial charge in [0.2, 0.25) is 0 Å². The van der Waals surface area contributed by atoms with Crippen LogP contribution in [0.3, 0.4) is 0 Å². The van der Waals surface area contributed by atoms with Crippen LogP contribution < -0.4 is 15.4 Å². The van der Waals surface area contributed by atoms with E-state index in [-0.39, 0.29) is 11.8 Å². The Kier molecular flexibility index (Phi) is 6.83. The Bertz CT molecular complexity index is 732. The van der Waals surface area contributed by atoms with Crippen molar-refractivity contribution < 1.29 is 14.3 Å². The summed E-state index contributed by atoms with van der Waals surface area (Å²) in [6.45, 7) is 4.26. The second-order valence-electron chi connectivity index (χ2n) is 5.63. The summed E-state index contributed by atoms with van der Waals surface area (Å²) >= 11 is 5.80. The van der Waals surface area contributed by atoms with Crippen molar-refractivity contribution in [1.82, 2.24) is 10.6 Å². The van der Waals surface area contributed by atoms with E-state index in [1.54, 1.807) is 37.3 Å². The van der Waals surface area contributed by atoms with E-state index in [0.717, 1.165) is 5.56 Å². The number of benzene rings is 2. The summed E-state index contributed by atoms with van der Waals surface area (Å²) in [5, 5.41) is 6.10. The Hall–Kier alpha value is -2.53. The van der Waals surface area contributed by atoms with Crippen molar-refractivity contribution in [2.75, 3.05) is 13.1 Å². The first-order chi connectivity index (χ1) is 12.0. The highest BCUT2D eigenvalue weighted by Crippen LogP contribution is 2.16. The van der Waals surface area contributed by atoms with Crippen LogP contribution in [0.25, 0.3) is 0 Å². The van der Waals surface area contributed by atoms with Gasteiger partial charge in [-0.05, 0) is 50.2 Å². The zero-order valence-electron chi connectivity index (χ0n) is 14.2.